The zero-order valence-corrected chi connectivity index (χ0v) is 13.2. The van der Waals surface area contributed by atoms with E-state index in [-0.39, 0.29) is 24.2 Å². The van der Waals surface area contributed by atoms with E-state index >= 15 is 0 Å². The minimum Gasteiger partial charge on any atom is -0.462 e. The highest BCUT2D eigenvalue weighted by atomic mass is 16.5. The molecule has 0 aliphatic carbocycles. The van der Waals surface area contributed by atoms with Crippen LogP contribution in [0.3, 0.4) is 0 Å². The van der Waals surface area contributed by atoms with Crippen molar-refractivity contribution in [3.8, 4) is 0 Å². The molecule has 1 aromatic carbocycles. The van der Waals surface area contributed by atoms with E-state index in [0.29, 0.717) is 30.9 Å². The lowest BCUT2D eigenvalue weighted by Gasteiger charge is -2.35. The first kappa shape index (κ1) is 16.3. The Morgan fingerprint density at radius 2 is 1.82 bits per heavy atom. The van der Waals surface area contributed by atoms with Crippen LogP contribution in [0.25, 0.3) is 0 Å². The van der Waals surface area contributed by atoms with Gasteiger partial charge in [-0.15, -0.1) is 0 Å². The van der Waals surface area contributed by atoms with Crippen LogP contribution in [0.2, 0.25) is 0 Å². The quantitative estimate of drug-likeness (QED) is 0.871. The summed E-state index contributed by atoms with van der Waals surface area (Å²) in [7, 11) is 0. The Kier molecular flexibility index (Phi) is 5.38. The highest BCUT2D eigenvalue weighted by Gasteiger charge is 2.25. The third-order valence-corrected chi connectivity index (χ3v) is 3.35. The zero-order valence-electron chi connectivity index (χ0n) is 13.2. The molecule has 2 rings (SSSR count). The normalized spacial score (nSPS) is 21.3. The van der Waals surface area contributed by atoms with Gasteiger partial charge in [0.2, 0.25) is 0 Å². The molecule has 1 aliphatic heterocycles. The summed E-state index contributed by atoms with van der Waals surface area (Å²) in [6.07, 6.45) is 0.0568. The highest BCUT2D eigenvalue weighted by molar-refractivity contribution is 5.92. The number of anilines is 1. The molecule has 6 heteroatoms. The predicted molar refractivity (Wildman–Crippen MR) is 83.0 cm³/mol. The van der Waals surface area contributed by atoms with Gasteiger partial charge < -0.3 is 19.7 Å². The van der Waals surface area contributed by atoms with Gasteiger partial charge in [-0.25, -0.2) is 9.59 Å². The van der Waals surface area contributed by atoms with Crippen molar-refractivity contribution >= 4 is 17.7 Å². The van der Waals surface area contributed by atoms with E-state index in [2.05, 4.69) is 5.32 Å². The van der Waals surface area contributed by atoms with E-state index in [9.17, 15) is 9.59 Å². The van der Waals surface area contributed by atoms with Gasteiger partial charge in [0.15, 0.2) is 0 Å². The summed E-state index contributed by atoms with van der Waals surface area (Å²) in [4.78, 5) is 25.5. The average Bonchev–Trinajstić information content (AvgIpc) is 2.47. The molecular formula is C16H22N2O4. The number of hydrogen-bond donors (Lipinski definition) is 1. The molecule has 1 aromatic rings. The molecule has 0 spiro atoms. The molecule has 0 saturated carbocycles. The third kappa shape index (κ3) is 4.21. The Labute approximate surface area is 130 Å². The molecule has 1 aliphatic rings. The van der Waals surface area contributed by atoms with Gasteiger partial charge >= 0.3 is 12.0 Å². The number of urea groups is 1. The molecule has 22 heavy (non-hydrogen) atoms. The molecule has 120 valence electrons. The van der Waals surface area contributed by atoms with Gasteiger partial charge in [0.05, 0.1) is 24.4 Å². The van der Waals surface area contributed by atoms with Gasteiger partial charge in [-0.2, -0.15) is 0 Å². The number of nitrogens with zero attached hydrogens (tertiary/aromatic N) is 1. The van der Waals surface area contributed by atoms with Crippen LogP contribution in [0.1, 0.15) is 31.1 Å². The maximum atomic E-state index is 12.2. The van der Waals surface area contributed by atoms with Crippen molar-refractivity contribution in [3.63, 3.8) is 0 Å². The Hall–Kier alpha value is -2.08. The van der Waals surface area contributed by atoms with Crippen LogP contribution in [0.15, 0.2) is 24.3 Å². The largest absolute Gasteiger partial charge is 0.462 e. The van der Waals surface area contributed by atoms with Crippen molar-refractivity contribution in [3.05, 3.63) is 29.8 Å². The number of benzene rings is 1. The minimum absolute atomic E-state index is 0.0284. The number of carbonyl (C=O) groups excluding carboxylic acids is 2. The van der Waals surface area contributed by atoms with E-state index in [4.69, 9.17) is 9.47 Å². The predicted octanol–water partition coefficient (Wildman–Crippen LogP) is 2.50. The number of morpholine rings is 1. The monoisotopic (exact) mass is 306 g/mol. The summed E-state index contributed by atoms with van der Waals surface area (Å²) in [6.45, 7) is 7.13. The van der Waals surface area contributed by atoms with Crippen LogP contribution in [-0.4, -0.2) is 48.8 Å². The van der Waals surface area contributed by atoms with Crippen molar-refractivity contribution < 1.29 is 19.1 Å². The summed E-state index contributed by atoms with van der Waals surface area (Å²) in [5, 5.41) is 2.83. The molecule has 0 unspecified atom stereocenters. The average molecular weight is 306 g/mol. The number of nitrogens with one attached hydrogen (secondary N) is 1. The van der Waals surface area contributed by atoms with Gasteiger partial charge in [0.1, 0.15) is 0 Å². The highest BCUT2D eigenvalue weighted by Crippen LogP contribution is 2.15. The molecule has 0 radical (unpaired) electrons. The first-order valence-corrected chi connectivity index (χ1v) is 7.48. The number of hydrogen-bond acceptors (Lipinski definition) is 4. The maximum absolute atomic E-state index is 12.2. The van der Waals surface area contributed by atoms with Crippen LogP contribution in [-0.2, 0) is 9.47 Å². The molecule has 2 amide bonds. The summed E-state index contributed by atoms with van der Waals surface area (Å²) in [6, 6.07) is 6.50. The van der Waals surface area contributed by atoms with Crippen LogP contribution in [0.5, 0.6) is 0 Å². The minimum atomic E-state index is -0.365. The molecule has 2 atom stereocenters. The lowest BCUT2D eigenvalue weighted by atomic mass is 10.2. The van der Waals surface area contributed by atoms with Crippen LogP contribution in [0, 0.1) is 0 Å². The fourth-order valence-corrected chi connectivity index (χ4v) is 2.45. The fourth-order valence-electron chi connectivity index (χ4n) is 2.45. The molecular weight excluding hydrogens is 284 g/mol. The van der Waals surface area contributed by atoms with Crippen molar-refractivity contribution in [2.45, 2.75) is 33.0 Å². The number of amides is 2. The van der Waals surface area contributed by atoms with Crippen molar-refractivity contribution in [2.75, 3.05) is 25.0 Å². The van der Waals surface area contributed by atoms with Crippen LogP contribution in [0.4, 0.5) is 10.5 Å². The summed E-state index contributed by atoms with van der Waals surface area (Å²) >= 11 is 0. The first-order chi connectivity index (χ1) is 10.5. The lowest BCUT2D eigenvalue weighted by molar-refractivity contribution is -0.0530. The van der Waals surface area contributed by atoms with E-state index in [0.717, 1.165) is 0 Å². The molecule has 0 aromatic heterocycles. The SMILES string of the molecule is CCOC(=O)c1ccc(NC(=O)N2C[C@@H](C)O[C@@H](C)C2)cc1. The van der Waals surface area contributed by atoms with Crippen molar-refractivity contribution in [1.82, 2.24) is 4.90 Å². The van der Waals surface area contributed by atoms with E-state index in [1.165, 1.54) is 0 Å². The van der Waals surface area contributed by atoms with Gasteiger partial charge in [0.25, 0.3) is 0 Å². The second-order valence-corrected chi connectivity index (χ2v) is 5.39. The number of carbonyl (C=O) groups is 2. The third-order valence-electron chi connectivity index (χ3n) is 3.35. The van der Waals surface area contributed by atoms with Crippen LogP contribution < -0.4 is 5.32 Å². The van der Waals surface area contributed by atoms with Crippen molar-refractivity contribution in [1.29, 1.82) is 0 Å². The van der Waals surface area contributed by atoms with E-state index < -0.39 is 0 Å². The fraction of sp³-hybridized carbons (Fsp3) is 0.500. The smallest absolute Gasteiger partial charge is 0.338 e. The van der Waals surface area contributed by atoms with Crippen LogP contribution >= 0.6 is 0 Å². The first-order valence-electron chi connectivity index (χ1n) is 7.48. The van der Waals surface area contributed by atoms with Gasteiger partial charge in [-0.1, -0.05) is 0 Å². The van der Waals surface area contributed by atoms with E-state index in [1.807, 2.05) is 13.8 Å². The summed E-state index contributed by atoms with van der Waals surface area (Å²) in [5.41, 5.74) is 1.11. The number of esters is 1. The number of rotatable bonds is 3. The molecule has 6 nitrogen and oxygen atoms in total. The Balaban J connectivity index is 1.95. The van der Waals surface area contributed by atoms with E-state index in [1.54, 1.807) is 36.1 Å². The Morgan fingerprint density at radius 1 is 1.23 bits per heavy atom. The van der Waals surface area contributed by atoms with Gasteiger partial charge in [0, 0.05) is 18.8 Å². The topological polar surface area (TPSA) is 67.9 Å². The lowest BCUT2D eigenvalue weighted by Crippen LogP contribution is -2.49. The van der Waals surface area contributed by atoms with Gasteiger partial charge in [-0.3, -0.25) is 0 Å². The molecule has 1 N–H and O–H groups in total. The summed E-state index contributed by atoms with van der Waals surface area (Å²) < 4.78 is 10.5. The molecule has 0 bridgehead atoms. The Bertz CT molecular complexity index is 519. The second kappa shape index (κ2) is 7.26. The molecule has 1 saturated heterocycles. The zero-order chi connectivity index (χ0) is 16.1. The Morgan fingerprint density at radius 3 is 2.36 bits per heavy atom. The molecule has 1 heterocycles. The maximum Gasteiger partial charge on any atom is 0.338 e. The van der Waals surface area contributed by atoms with Crippen molar-refractivity contribution in [2.24, 2.45) is 0 Å². The number of ether oxygens (including phenoxy) is 2. The standard InChI is InChI=1S/C16H22N2O4/c1-4-21-15(19)13-5-7-14(8-6-13)17-16(20)18-9-11(2)22-12(3)10-18/h5-8,11-12H,4,9-10H2,1-3H3,(H,17,20)/t11-,12+. The summed E-state index contributed by atoms with van der Waals surface area (Å²) in [5.74, 6) is -0.365. The molecule has 1 fully saturated rings. The second-order valence-electron chi connectivity index (χ2n) is 5.39. The van der Waals surface area contributed by atoms with Gasteiger partial charge in [-0.05, 0) is 45.0 Å².